The molecule has 0 spiro atoms. The quantitative estimate of drug-likeness (QED) is 0.0181. The zero-order valence-corrected chi connectivity index (χ0v) is 34.7. The first-order valence-corrected chi connectivity index (χ1v) is 22.4. The zero-order valence-electron chi connectivity index (χ0n) is 33.8. The second-order valence-corrected chi connectivity index (χ2v) is 15.2. The predicted octanol–water partition coefficient (Wildman–Crippen LogP) is 10.7. The van der Waals surface area contributed by atoms with Gasteiger partial charge in [0.2, 0.25) is 0 Å². The van der Waals surface area contributed by atoms with Crippen LogP contribution in [0.1, 0.15) is 162 Å². The molecule has 0 aromatic heterocycles. The second kappa shape index (κ2) is 38.9. The number of phosphoric ester groups is 1. The van der Waals surface area contributed by atoms with Crippen LogP contribution in [0.25, 0.3) is 0 Å². The van der Waals surface area contributed by atoms with Gasteiger partial charge in [-0.3, -0.25) is 18.6 Å². The third-order valence-electron chi connectivity index (χ3n) is 8.46. The molecule has 3 atom stereocenters. The molecule has 0 aliphatic carbocycles. The van der Waals surface area contributed by atoms with E-state index in [-0.39, 0.29) is 32.6 Å². The number of unbranched alkanes of at least 4 members (excludes halogenated alkanes) is 15. The number of aliphatic hydroxyl groups excluding tert-OH is 1. The lowest BCUT2D eigenvalue weighted by molar-refractivity contribution is -0.161. The van der Waals surface area contributed by atoms with Crippen molar-refractivity contribution in [3.8, 4) is 0 Å². The minimum Gasteiger partial charge on any atom is -0.462 e. The Morgan fingerprint density at radius 2 is 1.20 bits per heavy atom. The van der Waals surface area contributed by atoms with E-state index in [9.17, 15) is 24.2 Å². The Balaban J connectivity index is 4.39. The highest BCUT2D eigenvalue weighted by atomic mass is 31.2. The lowest BCUT2D eigenvalue weighted by Crippen LogP contribution is -2.29. The van der Waals surface area contributed by atoms with E-state index in [1.54, 1.807) is 12.2 Å². The first kappa shape index (κ1) is 51.7. The van der Waals surface area contributed by atoms with Gasteiger partial charge < -0.3 is 25.2 Å². The van der Waals surface area contributed by atoms with Crippen molar-refractivity contribution in [1.29, 1.82) is 0 Å². The standard InChI is InChI=1S/C43H76NO9P/c1-3-5-7-9-11-13-14-15-16-17-18-20-22-26-30-34-42(46)50-38-41(39-52-54(48,49)51-37-36-44)53-43(47)35-31-27-23-25-29-33-40(45)32-28-24-21-19-12-10-8-6-4-2/h12,15-16,19,23-25,28-29,33,40-41,45H,3-11,13-14,17-18,20-22,26-27,30-32,34-39,44H2,1-2H3,(H,48,49)/b16-15-,19-12-,25-23+,28-24-,33-29-/t40?,41-/m1/s1. The summed E-state index contributed by atoms with van der Waals surface area (Å²) in [6, 6.07) is 0. The number of nitrogens with two attached hydrogens (primary N) is 1. The summed E-state index contributed by atoms with van der Waals surface area (Å²) in [7, 11) is -4.42. The smallest absolute Gasteiger partial charge is 0.462 e. The monoisotopic (exact) mass is 782 g/mol. The van der Waals surface area contributed by atoms with Crippen LogP contribution < -0.4 is 5.73 Å². The third-order valence-corrected chi connectivity index (χ3v) is 9.44. The van der Waals surface area contributed by atoms with Crippen LogP contribution in [0, 0.1) is 0 Å². The molecule has 312 valence electrons. The van der Waals surface area contributed by atoms with Crippen molar-refractivity contribution in [2.75, 3.05) is 26.4 Å². The molecule has 11 heteroatoms. The number of hydrogen-bond acceptors (Lipinski definition) is 9. The number of esters is 2. The molecule has 0 rings (SSSR count). The number of rotatable bonds is 38. The van der Waals surface area contributed by atoms with Gasteiger partial charge in [-0.25, -0.2) is 4.57 Å². The minimum atomic E-state index is -4.42. The number of carbonyl (C=O) groups excluding carboxylic acids is 2. The van der Waals surface area contributed by atoms with Gasteiger partial charge in [0.25, 0.3) is 0 Å². The van der Waals surface area contributed by atoms with Crippen molar-refractivity contribution in [2.24, 2.45) is 5.73 Å². The summed E-state index contributed by atoms with van der Waals surface area (Å²) in [5, 5.41) is 10.1. The van der Waals surface area contributed by atoms with E-state index in [0.29, 0.717) is 25.7 Å². The molecule has 10 nitrogen and oxygen atoms in total. The molecular weight excluding hydrogens is 705 g/mol. The van der Waals surface area contributed by atoms with E-state index >= 15 is 0 Å². The van der Waals surface area contributed by atoms with E-state index in [4.69, 9.17) is 24.3 Å². The Morgan fingerprint density at radius 1 is 0.648 bits per heavy atom. The summed E-state index contributed by atoms with van der Waals surface area (Å²) in [5.41, 5.74) is 5.33. The van der Waals surface area contributed by atoms with Crippen LogP contribution in [-0.2, 0) is 32.7 Å². The Bertz CT molecular complexity index is 1090. The van der Waals surface area contributed by atoms with E-state index < -0.39 is 38.6 Å². The van der Waals surface area contributed by atoms with Crippen molar-refractivity contribution in [2.45, 2.75) is 174 Å². The number of aliphatic hydroxyl groups is 1. The Kier molecular flexibility index (Phi) is 37.2. The van der Waals surface area contributed by atoms with E-state index in [1.807, 2.05) is 18.2 Å². The maximum absolute atomic E-state index is 12.5. The van der Waals surface area contributed by atoms with Crippen LogP contribution in [0.4, 0.5) is 0 Å². The number of carbonyl (C=O) groups is 2. The van der Waals surface area contributed by atoms with Gasteiger partial charge in [-0.05, 0) is 70.6 Å². The third kappa shape index (κ3) is 38.0. The number of ether oxygens (including phenoxy) is 2. The number of phosphoric acid groups is 1. The molecule has 0 amide bonds. The molecule has 0 radical (unpaired) electrons. The molecule has 2 unspecified atom stereocenters. The van der Waals surface area contributed by atoms with E-state index in [0.717, 1.165) is 44.9 Å². The summed E-state index contributed by atoms with van der Waals surface area (Å²) in [4.78, 5) is 34.8. The highest BCUT2D eigenvalue weighted by molar-refractivity contribution is 7.47. The topological polar surface area (TPSA) is 155 Å². The average molecular weight is 782 g/mol. The first-order valence-electron chi connectivity index (χ1n) is 20.9. The van der Waals surface area contributed by atoms with Crippen molar-refractivity contribution in [1.82, 2.24) is 0 Å². The largest absolute Gasteiger partial charge is 0.472 e. The van der Waals surface area contributed by atoms with Crippen LogP contribution in [-0.4, -0.2) is 60.5 Å². The van der Waals surface area contributed by atoms with Gasteiger partial charge in [-0.2, -0.15) is 0 Å². The highest BCUT2D eigenvalue weighted by Gasteiger charge is 2.25. The zero-order chi connectivity index (χ0) is 39.8. The molecule has 0 saturated carbocycles. The molecule has 4 N–H and O–H groups in total. The summed E-state index contributed by atoms with van der Waals surface area (Å²) >= 11 is 0. The van der Waals surface area contributed by atoms with Crippen LogP contribution in [0.15, 0.2) is 60.8 Å². The van der Waals surface area contributed by atoms with E-state index in [2.05, 4.69) is 44.2 Å². The molecular formula is C43H76NO9P. The predicted molar refractivity (Wildman–Crippen MR) is 221 cm³/mol. The lowest BCUT2D eigenvalue weighted by atomic mass is 10.1. The summed E-state index contributed by atoms with van der Waals surface area (Å²) in [5.74, 6) is -0.973. The molecule has 0 aromatic rings. The minimum absolute atomic E-state index is 0.0276. The second-order valence-electron chi connectivity index (χ2n) is 13.7. The number of hydrogen-bond donors (Lipinski definition) is 3. The molecule has 0 aromatic carbocycles. The van der Waals surface area contributed by atoms with E-state index in [1.165, 1.54) is 64.2 Å². The summed E-state index contributed by atoms with van der Waals surface area (Å²) in [6.45, 7) is 3.50. The Hall–Kier alpha value is -2.33. The van der Waals surface area contributed by atoms with Crippen molar-refractivity contribution < 1.29 is 42.7 Å². The van der Waals surface area contributed by atoms with Crippen LogP contribution in [0.3, 0.4) is 0 Å². The Labute approximate surface area is 328 Å². The molecule has 54 heavy (non-hydrogen) atoms. The van der Waals surface area contributed by atoms with Gasteiger partial charge in [-0.15, -0.1) is 0 Å². The van der Waals surface area contributed by atoms with Crippen LogP contribution in [0.2, 0.25) is 0 Å². The molecule has 0 bridgehead atoms. The molecule has 0 aliphatic rings. The fourth-order valence-corrected chi connectivity index (χ4v) is 6.05. The maximum atomic E-state index is 12.5. The SMILES string of the molecule is CCCCC/C=C\C/C=C\CC(O)/C=C\C=C\CCCC(=O)O[C@H](COC(=O)CCCCCCC/C=C\CCCCCCCC)COP(=O)(O)OCCN. The first-order chi connectivity index (χ1) is 26.2. The average Bonchev–Trinajstić information content (AvgIpc) is 3.15. The van der Waals surface area contributed by atoms with Crippen molar-refractivity contribution in [3.63, 3.8) is 0 Å². The van der Waals surface area contributed by atoms with Gasteiger partial charge in [0.15, 0.2) is 6.10 Å². The fourth-order valence-electron chi connectivity index (χ4n) is 5.29. The summed E-state index contributed by atoms with van der Waals surface area (Å²) < 4.78 is 32.6. The van der Waals surface area contributed by atoms with Gasteiger partial charge in [-0.1, -0.05) is 139 Å². The van der Waals surface area contributed by atoms with Gasteiger partial charge >= 0.3 is 19.8 Å². The fraction of sp³-hybridized carbons (Fsp3) is 0.721. The summed E-state index contributed by atoms with van der Waals surface area (Å²) in [6.07, 6.45) is 41.4. The van der Waals surface area contributed by atoms with Crippen LogP contribution >= 0.6 is 7.82 Å². The van der Waals surface area contributed by atoms with Gasteiger partial charge in [0.1, 0.15) is 6.61 Å². The Morgan fingerprint density at radius 3 is 1.89 bits per heavy atom. The highest BCUT2D eigenvalue weighted by Crippen LogP contribution is 2.43. The van der Waals surface area contributed by atoms with Crippen molar-refractivity contribution in [3.05, 3.63) is 60.8 Å². The molecule has 0 heterocycles. The van der Waals surface area contributed by atoms with Gasteiger partial charge in [0.05, 0.1) is 19.3 Å². The van der Waals surface area contributed by atoms with Crippen LogP contribution in [0.5, 0.6) is 0 Å². The van der Waals surface area contributed by atoms with Gasteiger partial charge in [0, 0.05) is 19.4 Å². The van der Waals surface area contributed by atoms with Crippen molar-refractivity contribution >= 4 is 19.8 Å². The molecule has 0 fully saturated rings. The number of allylic oxidation sites excluding steroid dienone is 8. The molecule has 0 aliphatic heterocycles. The lowest BCUT2D eigenvalue weighted by Gasteiger charge is -2.19. The molecule has 0 saturated heterocycles. The maximum Gasteiger partial charge on any atom is 0.472 e. The normalized spacial score (nSPS) is 14.5.